The Morgan fingerprint density at radius 2 is 2.47 bits per heavy atom. The standard InChI is InChI=1S/C9H12N2O4/c1-2-7(12)6-15-8-4-3-5-10-9(8)11(13)14/h3-5,7,12H,2,6H2,1H3. The van der Waals surface area contributed by atoms with E-state index in [1.807, 2.05) is 0 Å². The van der Waals surface area contributed by atoms with Crippen LogP contribution in [0.1, 0.15) is 13.3 Å². The van der Waals surface area contributed by atoms with Gasteiger partial charge in [-0.15, -0.1) is 0 Å². The lowest BCUT2D eigenvalue weighted by Gasteiger charge is -2.09. The molecule has 15 heavy (non-hydrogen) atoms. The van der Waals surface area contributed by atoms with Gasteiger partial charge in [-0.05, 0) is 28.5 Å². The van der Waals surface area contributed by atoms with Gasteiger partial charge in [0.15, 0.2) is 0 Å². The van der Waals surface area contributed by atoms with Crippen molar-refractivity contribution in [2.45, 2.75) is 19.4 Å². The molecule has 0 aliphatic heterocycles. The van der Waals surface area contributed by atoms with Gasteiger partial charge in [0, 0.05) is 0 Å². The van der Waals surface area contributed by atoms with Gasteiger partial charge < -0.3 is 20.0 Å². The normalized spacial score (nSPS) is 12.1. The fourth-order valence-electron chi connectivity index (χ4n) is 0.936. The number of hydrogen-bond donors (Lipinski definition) is 1. The second kappa shape index (κ2) is 5.26. The van der Waals surface area contributed by atoms with E-state index in [0.717, 1.165) is 0 Å². The van der Waals surface area contributed by atoms with Crippen molar-refractivity contribution >= 4 is 5.82 Å². The first-order valence-corrected chi connectivity index (χ1v) is 4.55. The number of aliphatic hydroxyl groups is 1. The maximum absolute atomic E-state index is 10.5. The topological polar surface area (TPSA) is 85.5 Å². The minimum absolute atomic E-state index is 0.0308. The predicted molar refractivity (Wildman–Crippen MR) is 52.7 cm³/mol. The lowest BCUT2D eigenvalue weighted by atomic mass is 10.3. The summed E-state index contributed by atoms with van der Waals surface area (Å²) >= 11 is 0. The molecular formula is C9H12N2O4. The molecule has 82 valence electrons. The van der Waals surface area contributed by atoms with Gasteiger partial charge in [0.25, 0.3) is 0 Å². The summed E-state index contributed by atoms with van der Waals surface area (Å²) in [6.45, 7) is 1.83. The Labute approximate surface area is 86.7 Å². The number of aliphatic hydroxyl groups excluding tert-OH is 1. The third-order valence-electron chi connectivity index (χ3n) is 1.83. The van der Waals surface area contributed by atoms with Crippen molar-refractivity contribution in [2.75, 3.05) is 6.61 Å². The molecule has 1 atom stereocenters. The van der Waals surface area contributed by atoms with E-state index in [4.69, 9.17) is 4.74 Å². The van der Waals surface area contributed by atoms with Crippen LogP contribution in [0.4, 0.5) is 5.82 Å². The number of nitro groups is 1. The third-order valence-corrected chi connectivity index (χ3v) is 1.83. The zero-order valence-electron chi connectivity index (χ0n) is 8.29. The van der Waals surface area contributed by atoms with Crippen molar-refractivity contribution in [3.8, 4) is 5.75 Å². The van der Waals surface area contributed by atoms with Gasteiger partial charge in [0.2, 0.25) is 5.75 Å². The second-order valence-electron chi connectivity index (χ2n) is 2.96. The monoisotopic (exact) mass is 212 g/mol. The number of hydrogen-bond acceptors (Lipinski definition) is 5. The summed E-state index contributed by atoms with van der Waals surface area (Å²) in [5.74, 6) is -0.254. The van der Waals surface area contributed by atoms with Crippen molar-refractivity contribution in [3.63, 3.8) is 0 Å². The summed E-state index contributed by atoms with van der Waals surface area (Å²) in [4.78, 5) is 13.5. The van der Waals surface area contributed by atoms with Crippen LogP contribution in [-0.2, 0) is 0 Å². The van der Waals surface area contributed by atoms with E-state index in [1.165, 1.54) is 12.3 Å². The van der Waals surface area contributed by atoms with Crippen molar-refractivity contribution in [1.29, 1.82) is 0 Å². The fourth-order valence-corrected chi connectivity index (χ4v) is 0.936. The minimum Gasteiger partial charge on any atom is -0.483 e. The summed E-state index contributed by atoms with van der Waals surface area (Å²) in [6.07, 6.45) is 1.24. The largest absolute Gasteiger partial charge is 0.483 e. The van der Waals surface area contributed by atoms with Crippen LogP contribution < -0.4 is 4.74 Å². The maximum atomic E-state index is 10.5. The molecule has 0 saturated carbocycles. The van der Waals surface area contributed by atoms with Crippen LogP contribution in [0.5, 0.6) is 5.75 Å². The van der Waals surface area contributed by atoms with E-state index in [2.05, 4.69) is 4.98 Å². The van der Waals surface area contributed by atoms with E-state index < -0.39 is 11.0 Å². The van der Waals surface area contributed by atoms with Gasteiger partial charge in [-0.2, -0.15) is 0 Å². The lowest BCUT2D eigenvalue weighted by molar-refractivity contribution is -0.390. The van der Waals surface area contributed by atoms with Gasteiger partial charge in [0.05, 0.1) is 6.10 Å². The SMILES string of the molecule is CCC(O)COc1cccnc1[N+](=O)[O-]. The molecule has 1 unspecified atom stereocenters. The molecule has 0 fully saturated rings. The molecule has 1 heterocycles. The molecular weight excluding hydrogens is 200 g/mol. The van der Waals surface area contributed by atoms with Crippen LogP contribution in [0.25, 0.3) is 0 Å². The summed E-state index contributed by atoms with van der Waals surface area (Å²) in [6, 6.07) is 2.99. The molecule has 0 radical (unpaired) electrons. The molecule has 1 rings (SSSR count). The Kier molecular flexibility index (Phi) is 3.99. The molecule has 0 spiro atoms. The first kappa shape index (κ1) is 11.4. The number of aromatic nitrogens is 1. The quantitative estimate of drug-likeness (QED) is 0.584. The van der Waals surface area contributed by atoms with Crippen molar-refractivity contribution < 1.29 is 14.8 Å². The summed E-state index contributed by atoms with van der Waals surface area (Å²) in [7, 11) is 0. The molecule has 0 bridgehead atoms. The van der Waals surface area contributed by atoms with Crippen LogP contribution in [-0.4, -0.2) is 27.7 Å². The van der Waals surface area contributed by atoms with Crippen LogP contribution in [0, 0.1) is 10.1 Å². The first-order valence-electron chi connectivity index (χ1n) is 4.55. The van der Waals surface area contributed by atoms with E-state index in [1.54, 1.807) is 13.0 Å². The highest BCUT2D eigenvalue weighted by atomic mass is 16.6. The van der Waals surface area contributed by atoms with E-state index >= 15 is 0 Å². The second-order valence-corrected chi connectivity index (χ2v) is 2.96. The highest BCUT2D eigenvalue weighted by Crippen LogP contribution is 2.22. The zero-order valence-corrected chi connectivity index (χ0v) is 8.29. The van der Waals surface area contributed by atoms with Crippen molar-refractivity contribution in [3.05, 3.63) is 28.4 Å². The van der Waals surface area contributed by atoms with E-state index in [0.29, 0.717) is 6.42 Å². The van der Waals surface area contributed by atoms with Crippen LogP contribution in [0.2, 0.25) is 0 Å². The van der Waals surface area contributed by atoms with E-state index in [-0.39, 0.29) is 18.2 Å². The Morgan fingerprint density at radius 3 is 3.07 bits per heavy atom. The number of pyridine rings is 1. The fraction of sp³-hybridized carbons (Fsp3) is 0.444. The molecule has 1 aromatic rings. The molecule has 0 saturated heterocycles. The van der Waals surface area contributed by atoms with Gasteiger partial charge in [-0.25, -0.2) is 0 Å². The van der Waals surface area contributed by atoms with Crippen LogP contribution >= 0.6 is 0 Å². The molecule has 0 aromatic carbocycles. The highest BCUT2D eigenvalue weighted by Gasteiger charge is 2.16. The van der Waals surface area contributed by atoms with Gasteiger partial charge >= 0.3 is 5.82 Å². The zero-order chi connectivity index (χ0) is 11.3. The number of nitrogens with zero attached hydrogens (tertiary/aromatic N) is 2. The third kappa shape index (κ3) is 3.17. The maximum Gasteiger partial charge on any atom is 0.406 e. The molecule has 0 aliphatic rings. The smallest absolute Gasteiger partial charge is 0.406 e. The van der Waals surface area contributed by atoms with Crippen LogP contribution in [0.15, 0.2) is 18.3 Å². The molecule has 6 nitrogen and oxygen atoms in total. The summed E-state index contributed by atoms with van der Waals surface area (Å²) in [5.41, 5.74) is 0. The minimum atomic E-state index is -0.621. The first-order chi connectivity index (χ1) is 7.15. The Balaban J connectivity index is 2.72. The van der Waals surface area contributed by atoms with Crippen LogP contribution in [0.3, 0.4) is 0 Å². The molecule has 6 heteroatoms. The number of ether oxygens (including phenoxy) is 1. The Hall–Kier alpha value is -1.69. The van der Waals surface area contributed by atoms with Gasteiger partial charge in [0.1, 0.15) is 12.8 Å². The summed E-state index contributed by atoms with van der Waals surface area (Å²) in [5, 5.41) is 19.8. The van der Waals surface area contributed by atoms with Crippen molar-refractivity contribution in [1.82, 2.24) is 4.98 Å². The Morgan fingerprint density at radius 1 is 1.73 bits per heavy atom. The molecule has 0 amide bonds. The van der Waals surface area contributed by atoms with E-state index in [9.17, 15) is 15.2 Å². The van der Waals surface area contributed by atoms with Gasteiger partial charge in [-0.3, -0.25) is 0 Å². The molecule has 0 aliphatic carbocycles. The molecule has 1 N–H and O–H groups in total. The molecule has 1 aromatic heterocycles. The number of rotatable bonds is 5. The average Bonchev–Trinajstić information content (AvgIpc) is 2.26. The average molecular weight is 212 g/mol. The summed E-state index contributed by atoms with van der Waals surface area (Å²) < 4.78 is 5.10. The Bertz CT molecular complexity index is 343. The predicted octanol–water partition coefficient (Wildman–Crippen LogP) is 1.14. The highest BCUT2D eigenvalue weighted by molar-refractivity contribution is 5.38. The van der Waals surface area contributed by atoms with Gasteiger partial charge in [-0.1, -0.05) is 6.92 Å². The lowest BCUT2D eigenvalue weighted by Crippen LogP contribution is -2.16. The van der Waals surface area contributed by atoms with Crippen molar-refractivity contribution in [2.24, 2.45) is 0 Å².